The average molecular weight is 137 g/mol. The maximum atomic E-state index is 3.60. The summed E-state index contributed by atoms with van der Waals surface area (Å²) in [6, 6.07) is 0. The van der Waals surface area contributed by atoms with Crippen molar-refractivity contribution in [3.05, 3.63) is 36.2 Å². The van der Waals surface area contributed by atoms with Crippen molar-refractivity contribution < 1.29 is 0 Å². The van der Waals surface area contributed by atoms with Gasteiger partial charge < -0.3 is 5.32 Å². The first kappa shape index (κ1) is 9.02. The highest BCUT2D eigenvalue weighted by molar-refractivity contribution is 5.11. The minimum atomic E-state index is 1.12. The molecule has 0 amide bonds. The summed E-state index contributed by atoms with van der Waals surface area (Å²) >= 11 is 0. The van der Waals surface area contributed by atoms with E-state index >= 15 is 0 Å². The SMILES string of the molecule is C=C/C=C(/C)N/C(C)=C/C. The van der Waals surface area contributed by atoms with Gasteiger partial charge >= 0.3 is 0 Å². The maximum Gasteiger partial charge on any atom is 0.0116 e. The Balaban J connectivity index is 3.90. The molecule has 0 aromatic heterocycles. The molecule has 0 unspecified atom stereocenters. The molecule has 1 N–H and O–H groups in total. The van der Waals surface area contributed by atoms with Crippen molar-refractivity contribution in [1.29, 1.82) is 0 Å². The molecule has 1 heteroatoms. The van der Waals surface area contributed by atoms with Crippen molar-refractivity contribution in [2.45, 2.75) is 20.8 Å². The molecule has 0 fully saturated rings. The molecule has 0 heterocycles. The van der Waals surface area contributed by atoms with E-state index in [1.165, 1.54) is 0 Å². The molecule has 0 saturated carbocycles. The van der Waals surface area contributed by atoms with Gasteiger partial charge in [0, 0.05) is 11.4 Å². The van der Waals surface area contributed by atoms with E-state index in [0.29, 0.717) is 0 Å². The topological polar surface area (TPSA) is 12.0 Å². The van der Waals surface area contributed by atoms with E-state index in [9.17, 15) is 0 Å². The highest BCUT2D eigenvalue weighted by Gasteiger charge is 1.84. The fourth-order valence-corrected chi connectivity index (χ4v) is 0.602. The van der Waals surface area contributed by atoms with E-state index in [2.05, 4.69) is 11.9 Å². The van der Waals surface area contributed by atoms with Crippen molar-refractivity contribution in [2.24, 2.45) is 0 Å². The van der Waals surface area contributed by atoms with Crippen LogP contribution >= 0.6 is 0 Å². The van der Waals surface area contributed by atoms with Gasteiger partial charge in [0.1, 0.15) is 0 Å². The zero-order valence-electron chi connectivity index (χ0n) is 6.94. The molecule has 0 aromatic carbocycles. The lowest BCUT2D eigenvalue weighted by molar-refractivity contribution is 0.964. The monoisotopic (exact) mass is 137 g/mol. The molecule has 0 radical (unpaired) electrons. The molecule has 0 spiro atoms. The van der Waals surface area contributed by atoms with Gasteiger partial charge in [-0.1, -0.05) is 18.7 Å². The second kappa shape index (κ2) is 4.86. The lowest BCUT2D eigenvalue weighted by Crippen LogP contribution is -2.06. The minimum absolute atomic E-state index is 1.12. The van der Waals surface area contributed by atoms with Crippen molar-refractivity contribution in [3.63, 3.8) is 0 Å². The Morgan fingerprint density at radius 1 is 1.30 bits per heavy atom. The van der Waals surface area contributed by atoms with Gasteiger partial charge in [-0.05, 0) is 26.8 Å². The molecule has 0 bridgehead atoms. The van der Waals surface area contributed by atoms with Crippen LogP contribution in [0.15, 0.2) is 36.2 Å². The van der Waals surface area contributed by atoms with Crippen LogP contribution in [0.5, 0.6) is 0 Å². The Bertz CT molecular complexity index is 164. The predicted molar refractivity (Wildman–Crippen MR) is 46.5 cm³/mol. The van der Waals surface area contributed by atoms with E-state index in [-0.39, 0.29) is 0 Å². The first-order chi connectivity index (χ1) is 4.70. The normalized spacial score (nSPS) is 13.1. The summed E-state index contributed by atoms with van der Waals surface area (Å²) in [7, 11) is 0. The quantitative estimate of drug-likeness (QED) is 0.589. The Morgan fingerprint density at radius 3 is 2.30 bits per heavy atom. The molecular weight excluding hydrogens is 122 g/mol. The average Bonchev–Trinajstić information content (AvgIpc) is 1.88. The number of allylic oxidation sites excluding steroid dienone is 5. The van der Waals surface area contributed by atoms with Gasteiger partial charge in [-0.15, -0.1) is 0 Å². The predicted octanol–water partition coefficient (Wildman–Crippen LogP) is 2.59. The van der Waals surface area contributed by atoms with Crippen LogP contribution in [0.3, 0.4) is 0 Å². The first-order valence-corrected chi connectivity index (χ1v) is 3.40. The molecule has 0 saturated heterocycles. The van der Waals surface area contributed by atoms with Crippen LogP contribution in [-0.2, 0) is 0 Å². The smallest absolute Gasteiger partial charge is 0.0116 e. The Morgan fingerprint density at radius 2 is 1.90 bits per heavy atom. The van der Waals surface area contributed by atoms with Gasteiger partial charge in [0.05, 0.1) is 0 Å². The lowest BCUT2D eigenvalue weighted by atomic mass is 10.4. The molecule has 56 valence electrons. The van der Waals surface area contributed by atoms with Gasteiger partial charge in [0.2, 0.25) is 0 Å². The molecular formula is C9H15N. The van der Waals surface area contributed by atoms with Crippen LogP contribution in [0.1, 0.15) is 20.8 Å². The molecule has 0 aromatic rings. The molecule has 1 nitrogen and oxygen atoms in total. The van der Waals surface area contributed by atoms with Crippen LogP contribution in [0.25, 0.3) is 0 Å². The van der Waals surface area contributed by atoms with Crippen molar-refractivity contribution in [1.82, 2.24) is 5.32 Å². The van der Waals surface area contributed by atoms with Gasteiger partial charge in [-0.2, -0.15) is 0 Å². The van der Waals surface area contributed by atoms with Gasteiger partial charge in [0.15, 0.2) is 0 Å². The second-order valence-corrected chi connectivity index (χ2v) is 2.18. The van der Waals surface area contributed by atoms with Crippen LogP contribution in [0.2, 0.25) is 0 Å². The Labute approximate surface area is 63.1 Å². The van der Waals surface area contributed by atoms with Crippen molar-refractivity contribution >= 4 is 0 Å². The van der Waals surface area contributed by atoms with Gasteiger partial charge in [-0.3, -0.25) is 0 Å². The number of nitrogens with one attached hydrogen (secondary N) is 1. The minimum Gasteiger partial charge on any atom is -0.363 e. The fourth-order valence-electron chi connectivity index (χ4n) is 0.602. The third-order valence-corrected chi connectivity index (χ3v) is 1.20. The van der Waals surface area contributed by atoms with Crippen molar-refractivity contribution in [2.75, 3.05) is 0 Å². The van der Waals surface area contributed by atoms with Gasteiger partial charge in [0.25, 0.3) is 0 Å². The van der Waals surface area contributed by atoms with Crippen molar-refractivity contribution in [3.8, 4) is 0 Å². The molecule has 0 aliphatic heterocycles. The summed E-state index contributed by atoms with van der Waals surface area (Å²) in [4.78, 5) is 0. The number of hydrogen-bond acceptors (Lipinski definition) is 1. The number of rotatable bonds is 3. The molecule has 0 atom stereocenters. The van der Waals surface area contributed by atoms with E-state index in [0.717, 1.165) is 11.4 Å². The number of hydrogen-bond donors (Lipinski definition) is 1. The van der Waals surface area contributed by atoms with E-state index in [1.807, 2.05) is 32.9 Å². The zero-order chi connectivity index (χ0) is 7.98. The second-order valence-electron chi connectivity index (χ2n) is 2.18. The standard InChI is InChI=1S/C9H15N/c1-5-7-9(4)10-8(3)6-2/h5-7,10H,1H2,2-4H3/b8-6+,9-7-. The lowest BCUT2D eigenvalue weighted by Gasteiger charge is -2.03. The van der Waals surface area contributed by atoms with Gasteiger partial charge in [-0.25, -0.2) is 0 Å². The molecule has 0 aliphatic rings. The first-order valence-electron chi connectivity index (χ1n) is 3.40. The zero-order valence-corrected chi connectivity index (χ0v) is 6.94. The van der Waals surface area contributed by atoms with Crippen LogP contribution in [0.4, 0.5) is 0 Å². The molecule has 10 heavy (non-hydrogen) atoms. The Hall–Kier alpha value is -0.980. The van der Waals surface area contributed by atoms with Crippen LogP contribution in [-0.4, -0.2) is 0 Å². The molecule has 0 aliphatic carbocycles. The van der Waals surface area contributed by atoms with Crippen LogP contribution < -0.4 is 5.32 Å². The highest BCUT2D eigenvalue weighted by atomic mass is 14.9. The van der Waals surface area contributed by atoms with E-state index in [1.54, 1.807) is 6.08 Å². The third-order valence-electron chi connectivity index (χ3n) is 1.20. The largest absolute Gasteiger partial charge is 0.363 e. The van der Waals surface area contributed by atoms with E-state index < -0.39 is 0 Å². The van der Waals surface area contributed by atoms with E-state index in [4.69, 9.17) is 0 Å². The maximum absolute atomic E-state index is 3.60. The summed E-state index contributed by atoms with van der Waals surface area (Å²) in [5.41, 5.74) is 2.28. The summed E-state index contributed by atoms with van der Waals surface area (Å²) < 4.78 is 0. The highest BCUT2D eigenvalue weighted by Crippen LogP contribution is 1.92. The van der Waals surface area contributed by atoms with Crippen LogP contribution in [0, 0.1) is 0 Å². The third kappa shape index (κ3) is 3.96. The summed E-state index contributed by atoms with van der Waals surface area (Å²) in [5.74, 6) is 0. The molecule has 0 rings (SSSR count). The summed E-state index contributed by atoms with van der Waals surface area (Å²) in [6.45, 7) is 9.64. The summed E-state index contributed by atoms with van der Waals surface area (Å²) in [5, 5.41) is 3.18. The Kier molecular flexibility index (Phi) is 4.38. The summed E-state index contributed by atoms with van der Waals surface area (Å²) in [6.07, 6.45) is 5.73. The fraction of sp³-hybridized carbons (Fsp3) is 0.333.